The van der Waals surface area contributed by atoms with E-state index in [1.807, 2.05) is 30.3 Å². The fraction of sp³-hybridized carbons (Fsp3) is 0.269. The zero-order valence-corrected chi connectivity index (χ0v) is 20.3. The van der Waals surface area contributed by atoms with E-state index in [-0.39, 0.29) is 36.3 Å². The van der Waals surface area contributed by atoms with E-state index in [0.717, 1.165) is 11.6 Å². The maximum absolute atomic E-state index is 13.7. The largest absolute Gasteiger partial charge is 0.433 e. The molecule has 38 heavy (non-hydrogen) atoms. The number of pyridine rings is 1. The lowest BCUT2D eigenvalue weighted by Crippen LogP contribution is -2.21. The van der Waals surface area contributed by atoms with Gasteiger partial charge >= 0.3 is 6.18 Å². The van der Waals surface area contributed by atoms with Crippen LogP contribution in [-0.4, -0.2) is 38.6 Å². The van der Waals surface area contributed by atoms with Gasteiger partial charge in [-0.1, -0.05) is 42.5 Å². The monoisotopic (exact) mass is 529 g/mol. The van der Waals surface area contributed by atoms with E-state index >= 15 is 0 Å². The van der Waals surface area contributed by atoms with Crippen molar-refractivity contribution in [1.82, 2.24) is 19.9 Å². The van der Waals surface area contributed by atoms with E-state index in [2.05, 4.69) is 42.3 Å². The number of benzene rings is 1. The SMILES string of the molecule is C=N/C(=C\C(=C/C)Nc1nc(NC2CCC(F)(F)C2)nc(-c2cccc(C(F)(F)F)n2)n1)c1ccccc1. The average Bonchev–Trinajstić information content (AvgIpc) is 3.24. The lowest BCUT2D eigenvalue weighted by molar-refractivity contribution is -0.141. The highest BCUT2D eigenvalue weighted by atomic mass is 19.4. The van der Waals surface area contributed by atoms with Gasteiger partial charge in [-0.05, 0) is 38.3 Å². The fourth-order valence-corrected chi connectivity index (χ4v) is 3.88. The number of allylic oxidation sites excluding steroid dienone is 2. The maximum Gasteiger partial charge on any atom is 0.433 e. The summed E-state index contributed by atoms with van der Waals surface area (Å²) in [6.07, 6.45) is -1.77. The Hall–Kier alpha value is -4.22. The number of nitrogens with one attached hydrogen (secondary N) is 2. The Morgan fingerprint density at radius 3 is 2.39 bits per heavy atom. The van der Waals surface area contributed by atoms with E-state index < -0.39 is 30.3 Å². The van der Waals surface area contributed by atoms with E-state index in [9.17, 15) is 22.0 Å². The molecule has 1 aliphatic carbocycles. The molecule has 1 saturated carbocycles. The first kappa shape index (κ1) is 26.8. The number of nitrogens with zero attached hydrogens (tertiary/aromatic N) is 5. The van der Waals surface area contributed by atoms with Crippen molar-refractivity contribution in [3.63, 3.8) is 0 Å². The van der Waals surface area contributed by atoms with Crippen molar-refractivity contribution >= 4 is 24.3 Å². The molecule has 198 valence electrons. The Labute approximate surface area is 215 Å². The first-order valence-corrected chi connectivity index (χ1v) is 11.7. The van der Waals surface area contributed by atoms with Gasteiger partial charge in [0.2, 0.25) is 17.8 Å². The van der Waals surface area contributed by atoms with Gasteiger partial charge in [-0.15, -0.1) is 0 Å². The van der Waals surface area contributed by atoms with Crippen LogP contribution in [0.25, 0.3) is 17.2 Å². The Kier molecular flexibility index (Phi) is 7.79. The molecule has 1 aromatic carbocycles. The van der Waals surface area contributed by atoms with Crippen molar-refractivity contribution in [1.29, 1.82) is 0 Å². The normalized spacial score (nSPS) is 17.8. The molecule has 7 nitrogen and oxygen atoms in total. The number of anilines is 2. The molecule has 2 aromatic heterocycles. The zero-order valence-electron chi connectivity index (χ0n) is 20.3. The summed E-state index contributed by atoms with van der Waals surface area (Å²) in [6.45, 7) is 5.36. The molecule has 0 amide bonds. The summed E-state index contributed by atoms with van der Waals surface area (Å²) >= 11 is 0. The second-order valence-corrected chi connectivity index (χ2v) is 8.57. The Morgan fingerprint density at radius 2 is 1.76 bits per heavy atom. The van der Waals surface area contributed by atoms with Gasteiger partial charge in [-0.25, -0.2) is 13.8 Å². The molecule has 0 aliphatic heterocycles. The van der Waals surface area contributed by atoms with Crippen LogP contribution >= 0.6 is 0 Å². The van der Waals surface area contributed by atoms with Gasteiger partial charge in [-0.3, -0.25) is 4.99 Å². The van der Waals surface area contributed by atoms with Crippen molar-refractivity contribution in [2.75, 3.05) is 10.6 Å². The first-order chi connectivity index (χ1) is 18.1. The molecular formula is C26H24F5N7. The highest BCUT2D eigenvalue weighted by molar-refractivity contribution is 5.71. The van der Waals surface area contributed by atoms with E-state index in [1.54, 1.807) is 19.1 Å². The van der Waals surface area contributed by atoms with Gasteiger partial charge < -0.3 is 10.6 Å². The smallest absolute Gasteiger partial charge is 0.351 e. The second kappa shape index (κ2) is 11.0. The van der Waals surface area contributed by atoms with Crippen LogP contribution in [0, 0.1) is 0 Å². The van der Waals surface area contributed by atoms with Gasteiger partial charge in [0.1, 0.15) is 11.4 Å². The van der Waals surface area contributed by atoms with Crippen molar-refractivity contribution in [2.24, 2.45) is 4.99 Å². The lowest BCUT2D eigenvalue weighted by atomic mass is 10.1. The minimum atomic E-state index is -4.67. The molecule has 0 spiro atoms. The summed E-state index contributed by atoms with van der Waals surface area (Å²) in [5.41, 5.74) is 0.588. The predicted molar refractivity (Wildman–Crippen MR) is 136 cm³/mol. The molecule has 0 bridgehead atoms. The molecule has 4 rings (SSSR count). The third-order valence-corrected chi connectivity index (χ3v) is 5.74. The van der Waals surface area contributed by atoms with Gasteiger partial charge in [0.25, 0.3) is 0 Å². The van der Waals surface area contributed by atoms with Crippen LogP contribution in [0.3, 0.4) is 0 Å². The van der Waals surface area contributed by atoms with Gasteiger partial charge in [-0.2, -0.15) is 28.1 Å². The van der Waals surface area contributed by atoms with E-state index in [4.69, 9.17) is 0 Å². The molecule has 2 N–H and O–H groups in total. The van der Waals surface area contributed by atoms with Crippen LogP contribution in [0.4, 0.5) is 33.8 Å². The molecule has 1 fully saturated rings. The highest BCUT2D eigenvalue weighted by Crippen LogP contribution is 2.36. The number of aromatic nitrogens is 4. The minimum absolute atomic E-state index is 0.0257. The molecule has 2 heterocycles. The molecule has 12 heteroatoms. The number of rotatable bonds is 8. The third-order valence-electron chi connectivity index (χ3n) is 5.74. The van der Waals surface area contributed by atoms with Crippen LogP contribution < -0.4 is 10.6 Å². The number of alkyl halides is 5. The van der Waals surface area contributed by atoms with Crippen molar-refractivity contribution < 1.29 is 22.0 Å². The Bertz CT molecular complexity index is 1350. The molecule has 1 atom stereocenters. The quantitative estimate of drug-likeness (QED) is 0.194. The summed E-state index contributed by atoms with van der Waals surface area (Å²) in [5.74, 6) is -3.07. The number of hydrogen-bond acceptors (Lipinski definition) is 7. The number of hydrogen-bond donors (Lipinski definition) is 2. The lowest BCUT2D eigenvalue weighted by Gasteiger charge is -2.15. The molecule has 0 radical (unpaired) electrons. The minimum Gasteiger partial charge on any atom is -0.351 e. The van der Waals surface area contributed by atoms with E-state index in [0.29, 0.717) is 11.4 Å². The Balaban J connectivity index is 1.70. The maximum atomic E-state index is 13.7. The first-order valence-electron chi connectivity index (χ1n) is 11.7. The topological polar surface area (TPSA) is 88.0 Å². The molecule has 1 aliphatic rings. The second-order valence-electron chi connectivity index (χ2n) is 8.57. The van der Waals surface area contributed by atoms with Crippen molar-refractivity contribution in [3.8, 4) is 11.5 Å². The fourth-order valence-electron chi connectivity index (χ4n) is 3.88. The molecule has 0 saturated heterocycles. The molecular weight excluding hydrogens is 505 g/mol. The van der Waals surface area contributed by atoms with Crippen LogP contribution in [-0.2, 0) is 6.18 Å². The molecule has 1 unspecified atom stereocenters. The van der Waals surface area contributed by atoms with Crippen LogP contribution in [0.1, 0.15) is 37.4 Å². The number of halogens is 5. The Morgan fingerprint density at radius 1 is 1.03 bits per heavy atom. The average molecular weight is 530 g/mol. The van der Waals surface area contributed by atoms with Crippen LogP contribution in [0.5, 0.6) is 0 Å². The summed E-state index contributed by atoms with van der Waals surface area (Å²) < 4.78 is 67.3. The molecule has 3 aromatic rings. The predicted octanol–water partition coefficient (Wildman–Crippen LogP) is 6.61. The summed E-state index contributed by atoms with van der Waals surface area (Å²) in [5, 5.41) is 5.86. The summed E-state index contributed by atoms with van der Waals surface area (Å²) in [6, 6.07) is 12.0. The number of aliphatic imine (C=N–C) groups is 1. The van der Waals surface area contributed by atoms with Crippen LogP contribution in [0.15, 0.2) is 71.4 Å². The van der Waals surface area contributed by atoms with Crippen molar-refractivity contribution in [3.05, 3.63) is 77.6 Å². The van der Waals surface area contributed by atoms with E-state index in [1.165, 1.54) is 12.1 Å². The van der Waals surface area contributed by atoms with Crippen LogP contribution in [0.2, 0.25) is 0 Å². The third kappa shape index (κ3) is 6.75. The van der Waals surface area contributed by atoms with Gasteiger partial charge in [0.05, 0.1) is 5.70 Å². The van der Waals surface area contributed by atoms with Gasteiger partial charge in [0.15, 0.2) is 5.82 Å². The standard InChI is InChI=1S/C26H24F5N7/c1-3-17(14-20(32-2)16-8-5-4-6-9-16)33-23-36-22(19-10-7-11-21(35-19)26(29,30)31)37-24(38-23)34-18-12-13-25(27,28)15-18/h3-11,14,18H,2,12-13,15H2,1H3,(H2,33,34,36,37,38)/b17-3+,20-14-. The zero-order chi connectivity index (χ0) is 27.3. The summed E-state index contributed by atoms with van der Waals surface area (Å²) in [4.78, 5) is 20.4. The van der Waals surface area contributed by atoms with Crippen molar-refractivity contribution in [2.45, 2.75) is 44.3 Å². The van der Waals surface area contributed by atoms with Gasteiger partial charge in [0, 0.05) is 30.1 Å². The highest BCUT2D eigenvalue weighted by Gasteiger charge is 2.39. The summed E-state index contributed by atoms with van der Waals surface area (Å²) in [7, 11) is 0.